The maximum Gasteiger partial charge on any atom is 0.166 e. The molecule has 3 atom stereocenters. The van der Waals surface area contributed by atoms with E-state index >= 15 is 0 Å². The highest BCUT2D eigenvalue weighted by atomic mass is 16.5. The number of ether oxygens (including phenoxy) is 1. The molecule has 0 bridgehead atoms. The standard InChI is InChI=1S/C13H22O2/c1-10-13(14)11-8-6-4-2-3-5-7-9-12(11)15-10/h10-12H,2-9H2,1H3. The van der Waals surface area contributed by atoms with Gasteiger partial charge in [-0.25, -0.2) is 0 Å². The van der Waals surface area contributed by atoms with Crippen LogP contribution in [0.5, 0.6) is 0 Å². The van der Waals surface area contributed by atoms with Crippen LogP contribution in [0.3, 0.4) is 0 Å². The zero-order chi connectivity index (χ0) is 10.7. The summed E-state index contributed by atoms with van der Waals surface area (Å²) in [6.45, 7) is 1.91. The first-order chi connectivity index (χ1) is 7.29. The molecule has 1 saturated heterocycles. The Hall–Kier alpha value is -0.370. The van der Waals surface area contributed by atoms with Crippen molar-refractivity contribution in [3.63, 3.8) is 0 Å². The zero-order valence-electron chi connectivity index (χ0n) is 9.71. The Morgan fingerprint density at radius 3 is 2.33 bits per heavy atom. The molecule has 1 aliphatic heterocycles. The number of rotatable bonds is 0. The molecule has 0 N–H and O–H groups in total. The summed E-state index contributed by atoms with van der Waals surface area (Å²) in [6.07, 6.45) is 10.0. The molecule has 1 saturated carbocycles. The highest BCUT2D eigenvalue weighted by Gasteiger charge is 2.39. The number of hydrogen-bond donors (Lipinski definition) is 0. The second-order valence-corrected chi connectivity index (χ2v) is 5.02. The Labute approximate surface area is 92.4 Å². The van der Waals surface area contributed by atoms with Gasteiger partial charge in [-0.1, -0.05) is 38.5 Å². The monoisotopic (exact) mass is 210 g/mol. The van der Waals surface area contributed by atoms with Crippen molar-refractivity contribution in [3.8, 4) is 0 Å². The predicted molar refractivity (Wildman–Crippen MR) is 59.8 cm³/mol. The van der Waals surface area contributed by atoms with Gasteiger partial charge in [0, 0.05) is 5.92 Å². The molecule has 1 aliphatic carbocycles. The molecule has 0 aromatic carbocycles. The van der Waals surface area contributed by atoms with Crippen molar-refractivity contribution in [2.24, 2.45) is 5.92 Å². The fourth-order valence-electron chi connectivity index (χ4n) is 2.92. The molecule has 2 rings (SSSR count). The van der Waals surface area contributed by atoms with Gasteiger partial charge in [-0.05, 0) is 19.8 Å². The van der Waals surface area contributed by atoms with Gasteiger partial charge in [0.15, 0.2) is 5.78 Å². The van der Waals surface area contributed by atoms with Gasteiger partial charge in [-0.15, -0.1) is 0 Å². The van der Waals surface area contributed by atoms with Crippen molar-refractivity contribution >= 4 is 5.78 Å². The highest BCUT2D eigenvalue weighted by molar-refractivity contribution is 5.87. The molecule has 2 aliphatic rings. The molecule has 0 aromatic rings. The molecule has 1 heterocycles. The van der Waals surface area contributed by atoms with Crippen molar-refractivity contribution in [2.45, 2.75) is 70.5 Å². The Morgan fingerprint density at radius 2 is 1.60 bits per heavy atom. The fourth-order valence-corrected chi connectivity index (χ4v) is 2.92. The highest BCUT2D eigenvalue weighted by Crippen LogP contribution is 2.32. The summed E-state index contributed by atoms with van der Waals surface area (Å²) < 4.78 is 5.76. The minimum Gasteiger partial charge on any atom is -0.367 e. The molecular formula is C13H22O2. The Bertz CT molecular complexity index is 225. The molecule has 2 nitrogen and oxygen atoms in total. The van der Waals surface area contributed by atoms with Crippen LogP contribution >= 0.6 is 0 Å². The van der Waals surface area contributed by atoms with Gasteiger partial charge < -0.3 is 4.74 Å². The van der Waals surface area contributed by atoms with Crippen LogP contribution in [-0.2, 0) is 9.53 Å². The van der Waals surface area contributed by atoms with Gasteiger partial charge in [0.25, 0.3) is 0 Å². The van der Waals surface area contributed by atoms with Gasteiger partial charge in [-0.3, -0.25) is 4.79 Å². The maximum absolute atomic E-state index is 11.9. The molecule has 2 fully saturated rings. The minimum atomic E-state index is -0.138. The molecular weight excluding hydrogens is 188 g/mol. The van der Waals surface area contributed by atoms with E-state index in [-0.39, 0.29) is 18.1 Å². The summed E-state index contributed by atoms with van der Waals surface area (Å²) in [5, 5.41) is 0. The van der Waals surface area contributed by atoms with E-state index in [0.29, 0.717) is 5.78 Å². The number of ketones is 1. The topological polar surface area (TPSA) is 26.3 Å². The van der Waals surface area contributed by atoms with Crippen LogP contribution in [-0.4, -0.2) is 18.0 Å². The van der Waals surface area contributed by atoms with Gasteiger partial charge in [0.1, 0.15) is 6.10 Å². The average molecular weight is 210 g/mol. The van der Waals surface area contributed by atoms with E-state index in [2.05, 4.69) is 0 Å². The lowest BCUT2D eigenvalue weighted by Crippen LogP contribution is -2.21. The quantitative estimate of drug-likeness (QED) is 0.614. The largest absolute Gasteiger partial charge is 0.367 e. The van der Waals surface area contributed by atoms with Crippen LogP contribution in [0.4, 0.5) is 0 Å². The number of fused-ring (bicyclic) bond motifs is 1. The van der Waals surface area contributed by atoms with Crippen molar-refractivity contribution in [1.29, 1.82) is 0 Å². The van der Waals surface area contributed by atoms with Gasteiger partial charge in [-0.2, -0.15) is 0 Å². The van der Waals surface area contributed by atoms with Crippen LogP contribution in [0.2, 0.25) is 0 Å². The van der Waals surface area contributed by atoms with Gasteiger partial charge >= 0.3 is 0 Å². The second kappa shape index (κ2) is 5.11. The number of hydrogen-bond acceptors (Lipinski definition) is 2. The first kappa shape index (κ1) is 11.1. The third-order valence-electron chi connectivity index (χ3n) is 3.85. The molecule has 2 heteroatoms. The third kappa shape index (κ3) is 2.60. The van der Waals surface area contributed by atoms with E-state index in [1.807, 2.05) is 6.92 Å². The summed E-state index contributed by atoms with van der Waals surface area (Å²) in [4.78, 5) is 11.9. The lowest BCUT2D eigenvalue weighted by Gasteiger charge is -2.18. The van der Waals surface area contributed by atoms with E-state index in [0.717, 1.165) is 12.8 Å². The molecule has 86 valence electrons. The third-order valence-corrected chi connectivity index (χ3v) is 3.85. The second-order valence-electron chi connectivity index (χ2n) is 5.02. The minimum absolute atomic E-state index is 0.138. The zero-order valence-corrected chi connectivity index (χ0v) is 9.71. The number of carbonyl (C=O) groups is 1. The first-order valence-corrected chi connectivity index (χ1v) is 6.48. The summed E-state index contributed by atoms with van der Waals surface area (Å²) in [5.74, 6) is 0.582. The fraction of sp³-hybridized carbons (Fsp3) is 0.923. The molecule has 0 radical (unpaired) electrons. The van der Waals surface area contributed by atoms with Crippen LogP contribution in [0, 0.1) is 5.92 Å². The van der Waals surface area contributed by atoms with Crippen LogP contribution < -0.4 is 0 Å². The summed E-state index contributed by atoms with van der Waals surface area (Å²) in [6, 6.07) is 0. The molecule has 0 aromatic heterocycles. The van der Waals surface area contributed by atoms with Crippen molar-refractivity contribution in [3.05, 3.63) is 0 Å². The van der Waals surface area contributed by atoms with E-state index in [9.17, 15) is 4.79 Å². The van der Waals surface area contributed by atoms with Crippen molar-refractivity contribution in [2.75, 3.05) is 0 Å². The maximum atomic E-state index is 11.9. The molecule has 0 amide bonds. The van der Waals surface area contributed by atoms with Crippen LogP contribution in [0.25, 0.3) is 0 Å². The first-order valence-electron chi connectivity index (χ1n) is 6.48. The molecule has 3 unspecified atom stereocenters. The normalized spacial score (nSPS) is 38.7. The smallest absolute Gasteiger partial charge is 0.166 e. The van der Waals surface area contributed by atoms with Crippen molar-refractivity contribution in [1.82, 2.24) is 0 Å². The van der Waals surface area contributed by atoms with E-state index in [1.165, 1.54) is 38.5 Å². The van der Waals surface area contributed by atoms with E-state index in [4.69, 9.17) is 4.74 Å². The number of carbonyl (C=O) groups excluding carboxylic acids is 1. The lowest BCUT2D eigenvalue weighted by atomic mass is 9.88. The van der Waals surface area contributed by atoms with Gasteiger partial charge in [0.05, 0.1) is 6.10 Å². The molecule has 0 spiro atoms. The van der Waals surface area contributed by atoms with Crippen LogP contribution in [0.15, 0.2) is 0 Å². The van der Waals surface area contributed by atoms with Crippen molar-refractivity contribution < 1.29 is 9.53 Å². The Morgan fingerprint density at radius 1 is 1.00 bits per heavy atom. The SMILES string of the molecule is CC1OC2CCCCCCCCC2C1=O. The molecule has 15 heavy (non-hydrogen) atoms. The van der Waals surface area contributed by atoms with Crippen LogP contribution in [0.1, 0.15) is 58.3 Å². The number of Topliss-reactive ketones (excluding diaryl/α,β-unsaturated/α-hetero) is 1. The predicted octanol–water partition coefficient (Wildman–Crippen LogP) is 3.09. The van der Waals surface area contributed by atoms with E-state index in [1.54, 1.807) is 0 Å². The lowest BCUT2D eigenvalue weighted by molar-refractivity contribution is -0.123. The summed E-state index contributed by atoms with van der Waals surface area (Å²) in [5.41, 5.74) is 0. The summed E-state index contributed by atoms with van der Waals surface area (Å²) in [7, 11) is 0. The average Bonchev–Trinajstić information content (AvgIpc) is 2.51. The van der Waals surface area contributed by atoms with E-state index < -0.39 is 0 Å². The Kier molecular flexibility index (Phi) is 3.79. The Balaban J connectivity index is 1.97. The summed E-state index contributed by atoms with van der Waals surface area (Å²) >= 11 is 0. The van der Waals surface area contributed by atoms with Gasteiger partial charge in [0.2, 0.25) is 0 Å².